The van der Waals surface area contributed by atoms with E-state index >= 15 is 0 Å². The van der Waals surface area contributed by atoms with Crippen LogP contribution in [-0.4, -0.2) is 35.3 Å². The molecule has 0 radical (unpaired) electrons. The first-order chi connectivity index (χ1) is 17.7. The number of imidazole rings is 1. The van der Waals surface area contributed by atoms with Crippen molar-refractivity contribution in [2.24, 2.45) is 0 Å². The minimum atomic E-state index is -3.98. The zero-order chi connectivity index (χ0) is 26.2. The Morgan fingerprint density at radius 2 is 1.43 bits per heavy atom. The Hall–Kier alpha value is -4.06. The average molecular weight is 552 g/mol. The summed E-state index contributed by atoms with van der Waals surface area (Å²) in [4.78, 5) is 34.8. The SMILES string of the molecule is O=C1CC(=O)N(c2ccc(S(=O)(=O)Nc3ncc(-c4ccccc4)[nH]3)cc2)C(=S)N1c1ccc(Cl)cc1. The molecule has 1 aliphatic rings. The molecule has 0 bridgehead atoms. The second-order valence-corrected chi connectivity index (χ2v) is 10.5. The largest absolute Gasteiger partial charge is 0.323 e. The van der Waals surface area contributed by atoms with Crippen LogP contribution in [0.2, 0.25) is 5.02 Å². The summed E-state index contributed by atoms with van der Waals surface area (Å²) in [5, 5.41) is 0.449. The molecule has 0 atom stereocenters. The molecule has 2 amide bonds. The fourth-order valence-electron chi connectivity index (χ4n) is 3.80. The molecular formula is C25H18ClN5O4S2. The first-order valence-corrected chi connectivity index (χ1v) is 13.2. The molecular weight excluding hydrogens is 534 g/mol. The number of nitrogens with one attached hydrogen (secondary N) is 2. The number of aromatic amines is 1. The summed E-state index contributed by atoms with van der Waals surface area (Å²) in [6.45, 7) is 0. The Labute approximate surface area is 222 Å². The molecule has 0 unspecified atom stereocenters. The van der Waals surface area contributed by atoms with Gasteiger partial charge >= 0.3 is 0 Å². The molecule has 37 heavy (non-hydrogen) atoms. The van der Waals surface area contributed by atoms with Crippen LogP contribution in [0.3, 0.4) is 0 Å². The molecule has 0 spiro atoms. The van der Waals surface area contributed by atoms with E-state index in [4.69, 9.17) is 23.8 Å². The highest BCUT2D eigenvalue weighted by Gasteiger charge is 2.37. The highest BCUT2D eigenvalue weighted by Crippen LogP contribution is 2.28. The quantitative estimate of drug-likeness (QED) is 0.267. The molecule has 1 aromatic heterocycles. The highest BCUT2D eigenvalue weighted by atomic mass is 35.5. The molecule has 5 rings (SSSR count). The van der Waals surface area contributed by atoms with E-state index in [2.05, 4.69) is 14.7 Å². The van der Waals surface area contributed by atoms with E-state index in [1.165, 1.54) is 40.3 Å². The van der Waals surface area contributed by atoms with E-state index in [9.17, 15) is 18.0 Å². The number of carbonyl (C=O) groups is 2. The van der Waals surface area contributed by atoms with E-state index in [0.29, 0.717) is 22.1 Å². The Kier molecular flexibility index (Phi) is 6.50. The minimum Gasteiger partial charge on any atom is -0.323 e. The lowest BCUT2D eigenvalue weighted by Gasteiger charge is -2.35. The number of carbonyl (C=O) groups excluding carboxylic acids is 2. The molecule has 4 aromatic rings. The molecule has 1 saturated heterocycles. The van der Waals surface area contributed by atoms with Crippen molar-refractivity contribution in [3.63, 3.8) is 0 Å². The number of sulfonamides is 1. The lowest BCUT2D eigenvalue weighted by atomic mass is 10.2. The first-order valence-electron chi connectivity index (χ1n) is 10.9. The predicted molar refractivity (Wildman–Crippen MR) is 145 cm³/mol. The zero-order valence-corrected chi connectivity index (χ0v) is 21.3. The van der Waals surface area contributed by atoms with Crippen LogP contribution in [0, 0.1) is 0 Å². The van der Waals surface area contributed by atoms with Crippen LogP contribution in [0.4, 0.5) is 17.3 Å². The topological polar surface area (TPSA) is 115 Å². The number of aromatic nitrogens is 2. The van der Waals surface area contributed by atoms with E-state index in [1.807, 2.05) is 30.3 Å². The summed E-state index contributed by atoms with van der Waals surface area (Å²) in [5.74, 6) is -0.921. The van der Waals surface area contributed by atoms with Crippen molar-refractivity contribution in [1.29, 1.82) is 0 Å². The number of nitrogens with zero attached hydrogens (tertiary/aromatic N) is 3. The lowest BCUT2D eigenvalue weighted by molar-refractivity contribution is -0.126. The number of rotatable bonds is 6. The molecule has 12 heteroatoms. The first kappa shape index (κ1) is 24.6. The average Bonchev–Trinajstić information content (AvgIpc) is 3.33. The number of benzene rings is 3. The van der Waals surface area contributed by atoms with Gasteiger partial charge in [-0.2, -0.15) is 0 Å². The molecule has 0 aliphatic carbocycles. The molecule has 1 aliphatic heterocycles. The van der Waals surface area contributed by atoms with Crippen LogP contribution in [0.1, 0.15) is 6.42 Å². The van der Waals surface area contributed by atoms with Crippen LogP contribution in [0.15, 0.2) is 90.0 Å². The van der Waals surface area contributed by atoms with Crippen molar-refractivity contribution < 1.29 is 18.0 Å². The molecule has 3 aromatic carbocycles. The van der Waals surface area contributed by atoms with Crippen LogP contribution in [-0.2, 0) is 19.6 Å². The number of halogens is 1. The number of hydrogen-bond donors (Lipinski definition) is 2. The van der Waals surface area contributed by atoms with E-state index in [1.54, 1.807) is 24.3 Å². The second-order valence-electron chi connectivity index (χ2n) is 8.00. The Morgan fingerprint density at radius 3 is 2.03 bits per heavy atom. The van der Waals surface area contributed by atoms with Gasteiger partial charge in [-0.05, 0) is 66.3 Å². The van der Waals surface area contributed by atoms with Gasteiger partial charge in [0, 0.05) is 5.02 Å². The minimum absolute atomic E-state index is 0.0404. The van der Waals surface area contributed by atoms with Crippen molar-refractivity contribution >= 4 is 68.1 Å². The van der Waals surface area contributed by atoms with Gasteiger partial charge in [-0.25, -0.2) is 18.1 Å². The van der Waals surface area contributed by atoms with Crippen LogP contribution < -0.4 is 14.5 Å². The van der Waals surface area contributed by atoms with Crippen molar-refractivity contribution in [3.05, 3.63) is 90.1 Å². The van der Waals surface area contributed by atoms with Crippen LogP contribution in [0.25, 0.3) is 11.3 Å². The van der Waals surface area contributed by atoms with Gasteiger partial charge < -0.3 is 4.98 Å². The lowest BCUT2D eigenvalue weighted by Crippen LogP contribution is -2.55. The summed E-state index contributed by atoms with van der Waals surface area (Å²) in [7, 11) is -3.98. The second kappa shape index (κ2) is 9.77. The van der Waals surface area contributed by atoms with Gasteiger partial charge in [-0.3, -0.25) is 19.4 Å². The summed E-state index contributed by atoms with van der Waals surface area (Å²) in [6.07, 6.45) is 1.14. The van der Waals surface area contributed by atoms with Gasteiger partial charge in [0.25, 0.3) is 10.0 Å². The van der Waals surface area contributed by atoms with Gasteiger partial charge in [0.2, 0.25) is 17.8 Å². The van der Waals surface area contributed by atoms with Crippen molar-refractivity contribution in [2.45, 2.75) is 11.3 Å². The Balaban J connectivity index is 1.36. The maximum Gasteiger partial charge on any atom is 0.264 e. The summed E-state index contributed by atoms with van der Waals surface area (Å²) in [5.41, 5.74) is 2.31. The third-order valence-electron chi connectivity index (χ3n) is 5.57. The third-order valence-corrected chi connectivity index (χ3v) is 7.54. The number of anilines is 3. The maximum atomic E-state index is 12.9. The fraction of sp³-hybridized carbons (Fsp3) is 0.0400. The zero-order valence-electron chi connectivity index (χ0n) is 19.0. The highest BCUT2D eigenvalue weighted by molar-refractivity contribution is 7.92. The molecule has 9 nitrogen and oxygen atoms in total. The molecule has 2 N–H and O–H groups in total. The standard InChI is InChI=1S/C25H18ClN5O4S2/c26-17-6-8-18(9-7-17)30-22(32)14-23(33)31(25(30)36)19-10-12-20(13-11-19)37(34,35)29-24-27-15-21(28-24)16-4-2-1-3-5-16/h1-13,15H,14H2,(H2,27,28,29). The molecule has 1 fully saturated rings. The number of H-pyrrole nitrogens is 1. The molecule has 2 heterocycles. The van der Waals surface area contributed by atoms with E-state index in [0.717, 1.165) is 5.56 Å². The van der Waals surface area contributed by atoms with Gasteiger partial charge in [-0.15, -0.1) is 0 Å². The predicted octanol–water partition coefficient (Wildman–Crippen LogP) is 4.59. The maximum absolute atomic E-state index is 12.9. The van der Waals surface area contributed by atoms with Gasteiger partial charge in [0.05, 0.1) is 28.2 Å². The molecule has 186 valence electrons. The number of amides is 2. The monoisotopic (exact) mass is 551 g/mol. The van der Waals surface area contributed by atoms with Crippen molar-refractivity contribution in [1.82, 2.24) is 9.97 Å². The number of thiocarbonyl (C=S) groups is 1. The third kappa shape index (κ3) is 4.96. The summed E-state index contributed by atoms with van der Waals surface area (Å²) < 4.78 is 28.3. The van der Waals surface area contributed by atoms with Gasteiger partial charge in [0.15, 0.2) is 5.11 Å². The van der Waals surface area contributed by atoms with Crippen LogP contribution in [0.5, 0.6) is 0 Å². The number of hydrogen-bond acceptors (Lipinski definition) is 6. The Bertz CT molecular complexity index is 1610. The summed E-state index contributed by atoms with van der Waals surface area (Å²) in [6, 6.07) is 21.4. The van der Waals surface area contributed by atoms with Crippen molar-refractivity contribution in [3.8, 4) is 11.3 Å². The summed E-state index contributed by atoms with van der Waals surface area (Å²) >= 11 is 11.4. The molecule has 0 saturated carbocycles. The Morgan fingerprint density at radius 1 is 0.865 bits per heavy atom. The van der Waals surface area contributed by atoms with Crippen LogP contribution >= 0.6 is 23.8 Å². The van der Waals surface area contributed by atoms with E-state index < -0.39 is 28.3 Å². The normalized spacial score (nSPS) is 14.2. The van der Waals surface area contributed by atoms with Gasteiger partial charge in [-0.1, -0.05) is 41.9 Å². The fourth-order valence-corrected chi connectivity index (χ4v) is 5.31. The van der Waals surface area contributed by atoms with Gasteiger partial charge in [0.1, 0.15) is 6.42 Å². The van der Waals surface area contributed by atoms with E-state index in [-0.39, 0.29) is 16.0 Å². The smallest absolute Gasteiger partial charge is 0.264 e. The van der Waals surface area contributed by atoms with Crippen molar-refractivity contribution in [2.75, 3.05) is 14.5 Å².